The first-order chi connectivity index (χ1) is 6.66. The average Bonchev–Trinajstić information content (AvgIpc) is 2.16. The van der Waals surface area contributed by atoms with Crippen LogP contribution >= 0.6 is 0 Å². The fourth-order valence-electron chi connectivity index (χ4n) is 1.13. The van der Waals surface area contributed by atoms with Crippen molar-refractivity contribution in [3.8, 4) is 0 Å². The second kappa shape index (κ2) is 3.02. The minimum absolute atomic E-state index is 0.143. The molecule has 1 N–H and O–H groups in total. The third-order valence-corrected chi connectivity index (χ3v) is 1.80. The maximum Gasteiger partial charge on any atom is 0.337 e. The van der Waals surface area contributed by atoms with Crippen molar-refractivity contribution in [3.63, 3.8) is 0 Å². The second-order valence-electron chi connectivity index (χ2n) is 2.86. The van der Waals surface area contributed by atoms with Gasteiger partial charge in [0.05, 0.1) is 5.56 Å². The molecule has 0 bridgehead atoms. The minimum atomic E-state index is -1.00. The van der Waals surface area contributed by atoms with Crippen molar-refractivity contribution in [3.05, 3.63) is 29.8 Å². The quantitative estimate of drug-likeness (QED) is 0.725. The number of carboxylic acid groups (broad SMARTS) is 1. The zero-order valence-corrected chi connectivity index (χ0v) is 7.43. The lowest BCUT2D eigenvalue weighted by Crippen LogP contribution is -1.98. The molecule has 2 heterocycles. The number of aromatic carboxylic acids is 1. The Morgan fingerprint density at radius 2 is 2.14 bits per heavy atom. The van der Waals surface area contributed by atoms with Crippen molar-refractivity contribution in [1.82, 2.24) is 15.0 Å². The standard InChI is InChI=1S/C9H7N3O2/c1-5-10-3-6-2-7(9(13)14)4-11-8(6)12-5/h2-4H,1H3,(H,13,14). The summed E-state index contributed by atoms with van der Waals surface area (Å²) in [5.74, 6) is -0.381. The maximum absolute atomic E-state index is 10.6. The first kappa shape index (κ1) is 8.55. The van der Waals surface area contributed by atoms with E-state index in [1.165, 1.54) is 12.3 Å². The fraction of sp³-hybridized carbons (Fsp3) is 0.111. The lowest BCUT2D eigenvalue weighted by atomic mass is 10.2. The summed E-state index contributed by atoms with van der Waals surface area (Å²) >= 11 is 0. The molecule has 2 aromatic rings. The predicted molar refractivity (Wildman–Crippen MR) is 49.0 cm³/mol. The Morgan fingerprint density at radius 3 is 2.86 bits per heavy atom. The highest BCUT2D eigenvalue weighted by Crippen LogP contribution is 2.09. The number of hydrogen-bond acceptors (Lipinski definition) is 4. The molecule has 0 aliphatic rings. The summed E-state index contributed by atoms with van der Waals surface area (Å²) in [6.07, 6.45) is 2.86. The van der Waals surface area contributed by atoms with E-state index in [1.54, 1.807) is 13.1 Å². The topological polar surface area (TPSA) is 76.0 Å². The number of hydrogen-bond donors (Lipinski definition) is 1. The first-order valence-corrected chi connectivity index (χ1v) is 3.99. The Labute approximate surface area is 79.5 Å². The van der Waals surface area contributed by atoms with E-state index in [9.17, 15) is 4.79 Å². The van der Waals surface area contributed by atoms with E-state index in [0.717, 1.165) is 0 Å². The molecule has 0 radical (unpaired) electrons. The number of aromatic nitrogens is 3. The first-order valence-electron chi connectivity index (χ1n) is 3.99. The van der Waals surface area contributed by atoms with Gasteiger partial charge in [-0.15, -0.1) is 0 Å². The van der Waals surface area contributed by atoms with Crippen LogP contribution in [0, 0.1) is 6.92 Å². The van der Waals surface area contributed by atoms with Crippen LogP contribution in [0.1, 0.15) is 16.2 Å². The average molecular weight is 189 g/mol. The minimum Gasteiger partial charge on any atom is -0.478 e. The van der Waals surface area contributed by atoms with Gasteiger partial charge in [0.15, 0.2) is 5.65 Å². The highest BCUT2D eigenvalue weighted by molar-refractivity contribution is 5.91. The van der Waals surface area contributed by atoms with Gasteiger partial charge >= 0.3 is 5.97 Å². The lowest BCUT2D eigenvalue weighted by Gasteiger charge is -1.98. The third kappa shape index (κ3) is 1.39. The summed E-state index contributed by atoms with van der Waals surface area (Å²) in [6, 6.07) is 1.50. The smallest absolute Gasteiger partial charge is 0.337 e. The summed E-state index contributed by atoms with van der Waals surface area (Å²) in [7, 11) is 0. The molecule has 0 aromatic carbocycles. The molecule has 0 saturated heterocycles. The van der Waals surface area contributed by atoms with Gasteiger partial charge in [0.2, 0.25) is 0 Å². The van der Waals surface area contributed by atoms with Crippen molar-refractivity contribution in [2.75, 3.05) is 0 Å². The van der Waals surface area contributed by atoms with Crippen molar-refractivity contribution < 1.29 is 9.90 Å². The largest absolute Gasteiger partial charge is 0.478 e. The number of pyridine rings is 1. The van der Waals surface area contributed by atoms with Crippen LogP contribution < -0.4 is 0 Å². The van der Waals surface area contributed by atoms with Gasteiger partial charge in [-0.25, -0.2) is 19.7 Å². The zero-order chi connectivity index (χ0) is 10.1. The number of aryl methyl sites for hydroxylation is 1. The Kier molecular flexibility index (Phi) is 1.85. The molecule has 5 nitrogen and oxygen atoms in total. The number of rotatable bonds is 1. The Morgan fingerprint density at radius 1 is 1.36 bits per heavy atom. The van der Waals surface area contributed by atoms with E-state index in [1.807, 2.05) is 0 Å². The molecule has 0 fully saturated rings. The highest BCUT2D eigenvalue weighted by atomic mass is 16.4. The molecule has 5 heteroatoms. The number of fused-ring (bicyclic) bond motifs is 1. The van der Waals surface area contributed by atoms with Crippen molar-refractivity contribution in [2.24, 2.45) is 0 Å². The molecule has 0 aliphatic carbocycles. The molecule has 2 rings (SSSR count). The summed E-state index contributed by atoms with van der Waals surface area (Å²) in [6.45, 7) is 1.76. The molecule has 2 aromatic heterocycles. The Balaban J connectivity index is 2.67. The van der Waals surface area contributed by atoms with Crippen LogP contribution in [-0.2, 0) is 0 Å². The number of nitrogens with zero attached hydrogens (tertiary/aromatic N) is 3. The van der Waals surface area contributed by atoms with Gasteiger partial charge < -0.3 is 5.11 Å². The monoisotopic (exact) mass is 189 g/mol. The molecule has 0 amide bonds. The Hall–Kier alpha value is -2.04. The SMILES string of the molecule is Cc1ncc2cc(C(=O)O)cnc2n1. The Bertz CT molecular complexity index is 510. The van der Waals surface area contributed by atoms with E-state index in [-0.39, 0.29) is 5.56 Å². The summed E-state index contributed by atoms with van der Waals surface area (Å²) in [4.78, 5) is 22.6. The number of carboxylic acids is 1. The van der Waals surface area contributed by atoms with Gasteiger partial charge in [-0.3, -0.25) is 0 Å². The molecule has 0 aliphatic heterocycles. The molecule has 0 saturated carbocycles. The molecule has 14 heavy (non-hydrogen) atoms. The highest BCUT2D eigenvalue weighted by Gasteiger charge is 2.05. The van der Waals surface area contributed by atoms with Crippen molar-refractivity contribution >= 4 is 17.0 Å². The van der Waals surface area contributed by atoms with E-state index < -0.39 is 5.97 Å². The van der Waals surface area contributed by atoms with Crippen molar-refractivity contribution in [2.45, 2.75) is 6.92 Å². The van der Waals surface area contributed by atoms with Gasteiger partial charge in [-0.2, -0.15) is 0 Å². The van der Waals surface area contributed by atoms with E-state index in [4.69, 9.17) is 5.11 Å². The van der Waals surface area contributed by atoms with Gasteiger partial charge in [-0.05, 0) is 13.0 Å². The zero-order valence-electron chi connectivity index (χ0n) is 7.43. The van der Waals surface area contributed by atoms with Gasteiger partial charge in [-0.1, -0.05) is 0 Å². The number of carbonyl (C=O) groups is 1. The molecule has 70 valence electrons. The summed E-state index contributed by atoms with van der Waals surface area (Å²) in [5, 5.41) is 9.35. The van der Waals surface area contributed by atoms with Gasteiger partial charge in [0, 0.05) is 17.8 Å². The van der Waals surface area contributed by atoms with Crippen molar-refractivity contribution in [1.29, 1.82) is 0 Å². The third-order valence-electron chi connectivity index (χ3n) is 1.80. The molecule has 0 unspecified atom stereocenters. The van der Waals surface area contributed by atoms with E-state index in [0.29, 0.717) is 16.9 Å². The van der Waals surface area contributed by atoms with Crippen LogP contribution in [0.4, 0.5) is 0 Å². The molecule has 0 spiro atoms. The second-order valence-corrected chi connectivity index (χ2v) is 2.86. The lowest BCUT2D eigenvalue weighted by molar-refractivity contribution is 0.0696. The van der Waals surface area contributed by atoms with Gasteiger partial charge in [0.1, 0.15) is 5.82 Å². The maximum atomic E-state index is 10.6. The van der Waals surface area contributed by atoms with Crippen LogP contribution in [0.15, 0.2) is 18.5 Å². The fourth-order valence-corrected chi connectivity index (χ4v) is 1.13. The van der Waals surface area contributed by atoms with Gasteiger partial charge in [0.25, 0.3) is 0 Å². The van der Waals surface area contributed by atoms with Crippen LogP contribution in [0.2, 0.25) is 0 Å². The normalized spacial score (nSPS) is 10.4. The summed E-state index contributed by atoms with van der Waals surface area (Å²) < 4.78 is 0. The predicted octanol–water partition coefficient (Wildman–Crippen LogP) is 1.03. The van der Waals surface area contributed by atoms with Crippen LogP contribution in [0.25, 0.3) is 11.0 Å². The van der Waals surface area contributed by atoms with E-state index in [2.05, 4.69) is 15.0 Å². The van der Waals surface area contributed by atoms with Crippen LogP contribution in [0.5, 0.6) is 0 Å². The molecule has 0 atom stereocenters. The summed E-state index contributed by atoms with van der Waals surface area (Å²) in [5.41, 5.74) is 0.660. The molecular weight excluding hydrogens is 182 g/mol. The molecular formula is C9H7N3O2. The van der Waals surface area contributed by atoms with Crippen LogP contribution in [0.3, 0.4) is 0 Å². The van der Waals surface area contributed by atoms with E-state index >= 15 is 0 Å². The van der Waals surface area contributed by atoms with Crippen LogP contribution in [-0.4, -0.2) is 26.0 Å².